The molecule has 0 saturated heterocycles. The van der Waals surface area contributed by atoms with Crippen LogP contribution in [0.15, 0.2) is 6.07 Å². The zero-order valence-electron chi connectivity index (χ0n) is 11.3. The van der Waals surface area contributed by atoms with Gasteiger partial charge in [0, 0.05) is 18.8 Å². The molecule has 1 atom stereocenters. The van der Waals surface area contributed by atoms with E-state index in [1.54, 1.807) is 0 Å². The van der Waals surface area contributed by atoms with Crippen LogP contribution in [0.3, 0.4) is 0 Å². The molecule has 1 aromatic heterocycles. The highest BCUT2D eigenvalue weighted by atomic mass is 32.2. The lowest BCUT2D eigenvalue weighted by Crippen LogP contribution is -2.31. The molecule has 100 valence electrons. The van der Waals surface area contributed by atoms with E-state index in [1.807, 2.05) is 31.8 Å². The maximum Gasteiger partial charge on any atom is 0.226 e. The Morgan fingerprint density at radius 1 is 1.56 bits per heavy atom. The molecule has 6 heteroatoms. The van der Waals surface area contributed by atoms with Gasteiger partial charge in [-0.2, -0.15) is 11.8 Å². The maximum absolute atomic E-state index is 5.63. The maximum atomic E-state index is 5.63. The summed E-state index contributed by atoms with van der Waals surface area (Å²) in [5, 5.41) is 0. The predicted molar refractivity (Wildman–Crippen MR) is 83.5 cm³/mol. The third kappa shape index (κ3) is 4.10. The Bertz CT molecular complexity index is 423. The van der Waals surface area contributed by atoms with E-state index in [4.69, 9.17) is 18.0 Å². The van der Waals surface area contributed by atoms with Crippen molar-refractivity contribution in [3.8, 4) is 0 Å². The molecule has 0 aliphatic rings. The van der Waals surface area contributed by atoms with E-state index in [1.165, 1.54) is 0 Å². The van der Waals surface area contributed by atoms with Gasteiger partial charge in [-0.05, 0) is 38.3 Å². The summed E-state index contributed by atoms with van der Waals surface area (Å²) in [6.07, 6.45) is 3.21. The number of hydrogen-bond acceptors (Lipinski definition) is 5. The molecule has 0 spiro atoms. The molecule has 1 unspecified atom stereocenters. The molecule has 0 aliphatic heterocycles. The second-order valence-corrected chi connectivity index (χ2v) is 5.73. The number of anilines is 1. The number of rotatable bonds is 6. The first kappa shape index (κ1) is 15.2. The third-order valence-corrected chi connectivity index (χ3v) is 3.66. The van der Waals surface area contributed by atoms with Crippen LogP contribution >= 0.6 is 24.0 Å². The van der Waals surface area contributed by atoms with Gasteiger partial charge in [-0.15, -0.1) is 0 Å². The normalized spacial score (nSPS) is 12.2. The summed E-state index contributed by atoms with van der Waals surface area (Å²) >= 11 is 6.81. The van der Waals surface area contributed by atoms with Gasteiger partial charge in [0.05, 0.1) is 0 Å². The molecule has 1 heterocycles. The highest BCUT2D eigenvalue weighted by molar-refractivity contribution is 7.98. The van der Waals surface area contributed by atoms with Crippen LogP contribution in [0, 0.1) is 6.92 Å². The summed E-state index contributed by atoms with van der Waals surface area (Å²) in [4.78, 5) is 11.2. The first-order valence-electron chi connectivity index (χ1n) is 5.83. The van der Waals surface area contributed by atoms with Crippen molar-refractivity contribution in [2.45, 2.75) is 26.3 Å². The van der Waals surface area contributed by atoms with Crippen molar-refractivity contribution >= 4 is 34.9 Å². The van der Waals surface area contributed by atoms with Crippen LogP contribution in [0.1, 0.15) is 24.7 Å². The molecular formula is C12H20N4S2. The number of nitrogens with two attached hydrogens (primary N) is 1. The molecular weight excluding hydrogens is 264 g/mol. The molecule has 0 saturated carbocycles. The minimum atomic E-state index is 0.312. The fourth-order valence-electron chi connectivity index (χ4n) is 1.52. The van der Waals surface area contributed by atoms with Gasteiger partial charge in [-0.25, -0.2) is 9.97 Å². The number of aryl methyl sites for hydroxylation is 1. The van der Waals surface area contributed by atoms with Crippen molar-refractivity contribution in [3.05, 3.63) is 17.5 Å². The largest absolute Gasteiger partial charge is 0.388 e. The molecule has 0 radical (unpaired) electrons. The van der Waals surface area contributed by atoms with Crippen molar-refractivity contribution in [2.75, 3.05) is 24.0 Å². The first-order valence-corrected chi connectivity index (χ1v) is 7.63. The van der Waals surface area contributed by atoms with E-state index in [9.17, 15) is 0 Å². The van der Waals surface area contributed by atoms with Gasteiger partial charge in [0.25, 0.3) is 0 Å². The Morgan fingerprint density at radius 3 is 2.78 bits per heavy atom. The Morgan fingerprint density at radius 2 is 2.22 bits per heavy atom. The fourth-order valence-corrected chi connectivity index (χ4v) is 2.20. The van der Waals surface area contributed by atoms with Crippen LogP contribution in [0.5, 0.6) is 0 Å². The van der Waals surface area contributed by atoms with Gasteiger partial charge in [-0.3, -0.25) is 0 Å². The molecule has 0 fully saturated rings. The SMILES string of the molecule is CSCCC(C)N(C)c1nc(C)cc(C(N)=S)n1. The van der Waals surface area contributed by atoms with Crippen LogP contribution in [0.4, 0.5) is 5.95 Å². The minimum absolute atomic E-state index is 0.312. The molecule has 1 rings (SSSR count). The lowest BCUT2D eigenvalue weighted by molar-refractivity contribution is 0.652. The predicted octanol–water partition coefficient (Wildman–Crippen LogP) is 2.00. The van der Waals surface area contributed by atoms with Crippen molar-refractivity contribution in [3.63, 3.8) is 0 Å². The Kier molecular flexibility index (Phi) is 5.81. The van der Waals surface area contributed by atoms with Crippen LogP contribution in [0.25, 0.3) is 0 Å². The molecule has 1 aromatic rings. The summed E-state index contributed by atoms with van der Waals surface area (Å²) in [5.74, 6) is 1.81. The second-order valence-electron chi connectivity index (χ2n) is 4.30. The third-order valence-electron chi connectivity index (χ3n) is 2.81. The number of hydrogen-bond donors (Lipinski definition) is 1. The van der Waals surface area contributed by atoms with E-state index in [2.05, 4.69) is 28.0 Å². The average molecular weight is 284 g/mol. The molecule has 0 bridgehead atoms. The standard InChI is InChI=1S/C12H20N4S2/c1-8-7-10(11(13)17)15-12(14-8)16(3)9(2)5-6-18-4/h7,9H,5-6H2,1-4H3,(H2,13,17). The Balaban J connectivity index is 2.91. The van der Waals surface area contributed by atoms with Crippen molar-refractivity contribution in [1.29, 1.82) is 0 Å². The van der Waals surface area contributed by atoms with E-state index < -0.39 is 0 Å². The Labute approximate surface area is 118 Å². The van der Waals surface area contributed by atoms with Gasteiger partial charge in [-0.1, -0.05) is 12.2 Å². The van der Waals surface area contributed by atoms with Crippen LogP contribution < -0.4 is 10.6 Å². The van der Waals surface area contributed by atoms with E-state index >= 15 is 0 Å². The zero-order valence-corrected chi connectivity index (χ0v) is 12.9. The second kappa shape index (κ2) is 6.89. The molecule has 0 aliphatic carbocycles. The van der Waals surface area contributed by atoms with Crippen LogP contribution in [-0.2, 0) is 0 Å². The summed E-state index contributed by atoms with van der Waals surface area (Å²) in [6, 6.07) is 2.20. The minimum Gasteiger partial charge on any atom is -0.388 e. The van der Waals surface area contributed by atoms with Gasteiger partial charge >= 0.3 is 0 Å². The topological polar surface area (TPSA) is 55.0 Å². The zero-order chi connectivity index (χ0) is 13.7. The summed E-state index contributed by atoms with van der Waals surface area (Å²) in [7, 11) is 2.00. The molecule has 4 nitrogen and oxygen atoms in total. The fraction of sp³-hybridized carbons (Fsp3) is 0.583. The summed E-state index contributed by atoms with van der Waals surface area (Å²) in [6.45, 7) is 4.09. The first-order chi connectivity index (χ1) is 8.45. The van der Waals surface area contributed by atoms with Crippen LogP contribution in [0.2, 0.25) is 0 Å². The lowest BCUT2D eigenvalue weighted by atomic mass is 10.2. The molecule has 0 aromatic carbocycles. The smallest absolute Gasteiger partial charge is 0.226 e. The molecule has 2 N–H and O–H groups in total. The lowest BCUT2D eigenvalue weighted by Gasteiger charge is -2.25. The highest BCUT2D eigenvalue weighted by Crippen LogP contribution is 2.14. The van der Waals surface area contributed by atoms with E-state index in [0.717, 1.165) is 17.9 Å². The number of thioether (sulfide) groups is 1. The highest BCUT2D eigenvalue weighted by Gasteiger charge is 2.14. The summed E-state index contributed by atoms with van der Waals surface area (Å²) < 4.78 is 0. The molecule has 18 heavy (non-hydrogen) atoms. The van der Waals surface area contributed by atoms with Gasteiger partial charge in [0.1, 0.15) is 10.7 Å². The molecule has 0 amide bonds. The van der Waals surface area contributed by atoms with Gasteiger partial charge in [0.2, 0.25) is 5.95 Å². The van der Waals surface area contributed by atoms with Crippen molar-refractivity contribution in [1.82, 2.24) is 9.97 Å². The number of nitrogens with zero attached hydrogens (tertiary/aromatic N) is 3. The van der Waals surface area contributed by atoms with Crippen LogP contribution in [-0.4, -0.2) is 40.1 Å². The number of thiocarbonyl (C=S) groups is 1. The average Bonchev–Trinajstić information content (AvgIpc) is 2.34. The summed E-state index contributed by atoms with van der Waals surface area (Å²) in [5.41, 5.74) is 7.14. The monoisotopic (exact) mass is 284 g/mol. The Hall–Kier alpha value is -0.880. The van der Waals surface area contributed by atoms with Gasteiger partial charge in [0.15, 0.2) is 0 Å². The van der Waals surface area contributed by atoms with Crippen molar-refractivity contribution in [2.24, 2.45) is 5.73 Å². The van der Waals surface area contributed by atoms with E-state index in [-0.39, 0.29) is 0 Å². The van der Waals surface area contributed by atoms with Crippen molar-refractivity contribution < 1.29 is 0 Å². The van der Waals surface area contributed by atoms with Gasteiger partial charge < -0.3 is 10.6 Å². The number of aromatic nitrogens is 2. The quantitative estimate of drug-likeness (QED) is 0.806. The van der Waals surface area contributed by atoms with E-state index in [0.29, 0.717) is 22.7 Å².